The quantitative estimate of drug-likeness (QED) is 0.571. The van der Waals surface area contributed by atoms with Gasteiger partial charge in [-0.2, -0.15) is 0 Å². The SMILES string of the molecule is Cc1cc(C(C)(C)C)c(O)c(-c2c(C)c(C)cc(C(C)(C)C)c2O)c1C.[HH].[HH]. The number of phenolic OH excluding ortho intramolecular Hbond substituents is 2. The van der Waals surface area contributed by atoms with E-state index in [1.807, 2.05) is 13.8 Å². The molecular formula is C24H38O2. The van der Waals surface area contributed by atoms with Gasteiger partial charge in [-0.1, -0.05) is 53.7 Å². The molecule has 0 heterocycles. The summed E-state index contributed by atoms with van der Waals surface area (Å²) >= 11 is 0. The monoisotopic (exact) mass is 358 g/mol. The smallest absolute Gasteiger partial charge is 0.127 e. The first-order chi connectivity index (χ1) is 11.7. The summed E-state index contributed by atoms with van der Waals surface area (Å²) in [5, 5.41) is 22.4. The van der Waals surface area contributed by atoms with Crippen LogP contribution in [0.4, 0.5) is 0 Å². The zero-order valence-corrected chi connectivity index (χ0v) is 18.0. The second kappa shape index (κ2) is 6.33. The Morgan fingerprint density at radius 2 is 0.885 bits per heavy atom. The molecule has 0 unspecified atom stereocenters. The number of hydrogen-bond acceptors (Lipinski definition) is 2. The summed E-state index contributed by atoms with van der Waals surface area (Å²) in [7, 11) is 0. The minimum absolute atomic E-state index is 0. The van der Waals surface area contributed by atoms with E-state index in [9.17, 15) is 10.2 Å². The fraction of sp³-hybridized carbons (Fsp3) is 0.500. The van der Waals surface area contributed by atoms with E-state index in [-0.39, 0.29) is 25.2 Å². The van der Waals surface area contributed by atoms with Crippen LogP contribution in [-0.2, 0) is 10.8 Å². The molecule has 0 saturated heterocycles. The molecule has 0 aliphatic rings. The fourth-order valence-electron chi connectivity index (χ4n) is 3.56. The van der Waals surface area contributed by atoms with Crippen molar-refractivity contribution in [3.05, 3.63) is 45.5 Å². The molecule has 0 aromatic heterocycles. The number of rotatable bonds is 1. The first-order valence-corrected chi connectivity index (χ1v) is 9.35. The normalized spacial score (nSPS) is 12.5. The summed E-state index contributed by atoms with van der Waals surface area (Å²) in [4.78, 5) is 0. The highest BCUT2D eigenvalue weighted by molar-refractivity contribution is 5.85. The highest BCUT2D eigenvalue weighted by atomic mass is 16.3. The summed E-state index contributed by atoms with van der Waals surface area (Å²) < 4.78 is 0. The molecule has 2 nitrogen and oxygen atoms in total. The van der Waals surface area contributed by atoms with Crippen LogP contribution in [0, 0.1) is 27.7 Å². The first-order valence-electron chi connectivity index (χ1n) is 9.35. The largest absolute Gasteiger partial charge is 0.507 e. The summed E-state index contributed by atoms with van der Waals surface area (Å²) in [5.41, 5.74) is 7.26. The Labute approximate surface area is 161 Å². The number of aromatic hydroxyl groups is 2. The molecule has 2 aromatic rings. The molecule has 0 amide bonds. The Hall–Kier alpha value is -1.96. The van der Waals surface area contributed by atoms with Crippen LogP contribution in [0.5, 0.6) is 11.5 Å². The number of benzene rings is 2. The lowest BCUT2D eigenvalue weighted by Gasteiger charge is -2.28. The molecular weight excluding hydrogens is 320 g/mol. The standard InChI is InChI=1S/C24H34O2.2H2/c1-13-11-17(23(5,6)7)21(25)19(15(13)3)20-16(4)14(2)12-18(22(20)26)24(8,9)10;;/h11-12,25-26H,1-10H3;2*1H. The van der Waals surface area contributed by atoms with Crippen LogP contribution in [0.2, 0.25) is 0 Å². The molecule has 0 aliphatic heterocycles. The number of phenols is 2. The maximum absolute atomic E-state index is 11.2. The summed E-state index contributed by atoms with van der Waals surface area (Å²) in [5.74, 6) is 0.564. The van der Waals surface area contributed by atoms with Crippen molar-refractivity contribution in [1.82, 2.24) is 0 Å². The molecule has 0 saturated carbocycles. The van der Waals surface area contributed by atoms with Crippen molar-refractivity contribution in [1.29, 1.82) is 0 Å². The van der Waals surface area contributed by atoms with Gasteiger partial charge in [-0.3, -0.25) is 0 Å². The van der Waals surface area contributed by atoms with Gasteiger partial charge in [0.1, 0.15) is 11.5 Å². The molecule has 0 spiro atoms. The van der Waals surface area contributed by atoms with Crippen LogP contribution in [-0.4, -0.2) is 10.2 Å². The van der Waals surface area contributed by atoms with Crippen molar-refractivity contribution in [2.75, 3.05) is 0 Å². The fourth-order valence-corrected chi connectivity index (χ4v) is 3.56. The lowest BCUT2D eigenvalue weighted by molar-refractivity contribution is 0.439. The van der Waals surface area contributed by atoms with E-state index >= 15 is 0 Å². The summed E-state index contributed by atoms with van der Waals surface area (Å²) in [6, 6.07) is 4.14. The second-order valence-corrected chi connectivity index (χ2v) is 9.68. The Morgan fingerprint density at radius 3 is 1.12 bits per heavy atom. The van der Waals surface area contributed by atoms with Gasteiger partial charge in [-0.05, 0) is 60.8 Å². The molecule has 0 atom stereocenters. The van der Waals surface area contributed by atoms with Gasteiger partial charge in [0.15, 0.2) is 0 Å². The Bertz CT molecular complexity index is 797. The van der Waals surface area contributed by atoms with Crippen LogP contribution >= 0.6 is 0 Å². The van der Waals surface area contributed by atoms with Crippen LogP contribution in [0.1, 0.15) is 77.8 Å². The van der Waals surface area contributed by atoms with Gasteiger partial charge in [-0.25, -0.2) is 0 Å². The lowest BCUT2D eigenvalue weighted by atomic mass is 9.78. The first kappa shape index (κ1) is 20.4. The highest BCUT2D eigenvalue weighted by Crippen LogP contribution is 2.49. The maximum Gasteiger partial charge on any atom is 0.127 e. The van der Waals surface area contributed by atoms with E-state index < -0.39 is 0 Å². The number of aryl methyl sites for hydroxylation is 2. The van der Waals surface area contributed by atoms with Gasteiger partial charge >= 0.3 is 0 Å². The second-order valence-electron chi connectivity index (χ2n) is 9.68. The molecule has 2 heteroatoms. The molecule has 26 heavy (non-hydrogen) atoms. The molecule has 0 fully saturated rings. The molecule has 146 valence electrons. The number of hydrogen-bond donors (Lipinski definition) is 2. The Balaban J connectivity index is 0.00000364. The average molecular weight is 359 g/mol. The maximum atomic E-state index is 11.2. The van der Waals surface area contributed by atoms with Gasteiger partial charge in [0.2, 0.25) is 0 Å². The molecule has 2 aromatic carbocycles. The minimum atomic E-state index is -0.183. The van der Waals surface area contributed by atoms with Crippen molar-refractivity contribution in [3.8, 4) is 22.6 Å². The van der Waals surface area contributed by atoms with Gasteiger partial charge in [0.25, 0.3) is 0 Å². The van der Waals surface area contributed by atoms with E-state index in [2.05, 4.69) is 67.5 Å². The molecule has 0 aliphatic carbocycles. The van der Waals surface area contributed by atoms with Crippen molar-refractivity contribution >= 4 is 0 Å². The highest BCUT2D eigenvalue weighted by Gasteiger charge is 2.28. The third kappa shape index (κ3) is 3.34. The van der Waals surface area contributed by atoms with Gasteiger partial charge in [0.05, 0.1) is 0 Å². The third-order valence-corrected chi connectivity index (χ3v) is 5.50. The van der Waals surface area contributed by atoms with Gasteiger partial charge in [0, 0.05) is 25.1 Å². The van der Waals surface area contributed by atoms with E-state index in [1.165, 1.54) is 0 Å². The van der Waals surface area contributed by atoms with E-state index in [0.717, 1.165) is 44.5 Å². The zero-order chi connectivity index (χ0) is 20.2. The van der Waals surface area contributed by atoms with Crippen LogP contribution in [0.3, 0.4) is 0 Å². The van der Waals surface area contributed by atoms with Gasteiger partial charge < -0.3 is 10.2 Å². The molecule has 0 bridgehead atoms. The van der Waals surface area contributed by atoms with Crippen LogP contribution in [0.15, 0.2) is 12.1 Å². The predicted molar refractivity (Wildman–Crippen MR) is 116 cm³/mol. The van der Waals surface area contributed by atoms with E-state index in [4.69, 9.17) is 0 Å². The summed E-state index contributed by atoms with van der Waals surface area (Å²) in [6.45, 7) is 20.8. The van der Waals surface area contributed by atoms with E-state index in [1.54, 1.807) is 0 Å². The predicted octanol–water partition coefficient (Wildman–Crippen LogP) is 7.09. The third-order valence-electron chi connectivity index (χ3n) is 5.50. The van der Waals surface area contributed by atoms with Crippen molar-refractivity contribution in [3.63, 3.8) is 0 Å². The topological polar surface area (TPSA) is 40.5 Å². The van der Waals surface area contributed by atoms with E-state index in [0.29, 0.717) is 0 Å². The Kier molecular flexibility index (Phi) is 4.96. The van der Waals surface area contributed by atoms with Crippen molar-refractivity contribution < 1.29 is 13.1 Å². The van der Waals surface area contributed by atoms with Crippen molar-refractivity contribution in [2.24, 2.45) is 0 Å². The molecule has 2 N–H and O–H groups in total. The van der Waals surface area contributed by atoms with Crippen LogP contribution in [0.25, 0.3) is 11.1 Å². The minimum Gasteiger partial charge on any atom is -0.507 e. The van der Waals surface area contributed by atoms with Gasteiger partial charge in [-0.15, -0.1) is 0 Å². The Morgan fingerprint density at radius 1 is 0.615 bits per heavy atom. The molecule has 2 rings (SSSR count). The summed E-state index contributed by atoms with van der Waals surface area (Å²) in [6.07, 6.45) is 0. The lowest BCUT2D eigenvalue weighted by Crippen LogP contribution is -2.14. The zero-order valence-electron chi connectivity index (χ0n) is 18.0. The molecule has 0 radical (unpaired) electrons. The van der Waals surface area contributed by atoms with Crippen molar-refractivity contribution in [2.45, 2.75) is 80.1 Å². The van der Waals surface area contributed by atoms with Crippen LogP contribution < -0.4 is 0 Å². The average Bonchev–Trinajstić information content (AvgIpc) is 2.47.